The average Bonchev–Trinajstić information content (AvgIpc) is 2.86. The van der Waals surface area contributed by atoms with Crippen molar-refractivity contribution in [3.63, 3.8) is 0 Å². The molecule has 0 amide bonds. The molecule has 5 nitrogen and oxygen atoms in total. The van der Waals surface area contributed by atoms with E-state index in [1.165, 1.54) is 11.3 Å². The van der Waals surface area contributed by atoms with E-state index in [1.807, 2.05) is 14.0 Å². The zero-order valence-electron chi connectivity index (χ0n) is 7.89. The highest BCUT2D eigenvalue weighted by molar-refractivity contribution is 7.13. The molecule has 0 aliphatic heterocycles. The monoisotopic (exact) mass is 210 g/mol. The van der Waals surface area contributed by atoms with E-state index in [4.69, 9.17) is 4.42 Å². The van der Waals surface area contributed by atoms with Crippen LogP contribution in [0.1, 0.15) is 18.9 Å². The van der Waals surface area contributed by atoms with E-state index < -0.39 is 0 Å². The van der Waals surface area contributed by atoms with Crippen molar-refractivity contribution in [3.8, 4) is 10.8 Å². The van der Waals surface area contributed by atoms with Crippen LogP contribution in [0.3, 0.4) is 0 Å². The van der Waals surface area contributed by atoms with Gasteiger partial charge in [-0.25, -0.2) is 0 Å². The Morgan fingerprint density at radius 3 is 3.00 bits per heavy atom. The van der Waals surface area contributed by atoms with Crippen molar-refractivity contribution < 1.29 is 4.42 Å². The fourth-order valence-corrected chi connectivity index (χ4v) is 1.49. The van der Waals surface area contributed by atoms with Gasteiger partial charge in [0.05, 0.1) is 17.7 Å². The van der Waals surface area contributed by atoms with Crippen LogP contribution in [0.4, 0.5) is 0 Å². The molecular formula is C8H10N4OS. The van der Waals surface area contributed by atoms with Crippen LogP contribution in [0.5, 0.6) is 0 Å². The van der Waals surface area contributed by atoms with Gasteiger partial charge in [-0.1, -0.05) is 0 Å². The van der Waals surface area contributed by atoms with Crippen molar-refractivity contribution in [3.05, 3.63) is 17.6 Å². The molecule has 0 saturated heterocycles. The van der Waals surface area contributed by atoms with Gasteiger partial charge in [-0.15, -0.1) is 21.5 Å². The Bertz CT molecular complexity index is 397. The van der Waals surface area contributed by atoms with Gasteiger partial charge in [0, 0.05) is 0 Å². The van der Waals surface area contributed by atoms with E-state index in [9.17, 15) is 0 Å². The molecule has 74 valence electrons. The van der Waals surface area contributed by atoms with Gasteiger partial charge in [-0.05, 0) is 14.0 Å². The largest absolute Gasteiger partial charge is 0.418 e. The van der Waals surface area contributed by atoms with Crippen molar-refractivity contribution >= 4 is 11.3 Å². The first kappa shape index (κ1) is 9.29. The van der Waals surface area contributed by atoms with Gasteiger partial charge in [0.1, 0.15) is 4.88 Å². The van der Waals surface area contributed by atoms with Gasteiger partial charge in [0.25, 0.3) is 5.89 Å². The van der Waals surface area contributed by atoms with Crippen LogP contribution in [0.15, 0.2) is 16.1 Å². The van der Waals surface area contributed by atoms with Crippen molar-refractivity contribution in [2.45, 2.75) is 13.0 Å². The van der Waals surface area contributed by atoms with Gasteiger partial charge in [0.15, 0.2) is 0 Å². The minimum atomic E-state index is 0.0733. The molecule has 0 fully saturated rings. The van der Waals surface area contributed by atoms with Gasteiger partial charge < -0.3 is 9.73 Å². The molecule has 0 bridgehead atoms. The molecule has 1 N–H and O–H groups in total. The second-order valence-corrected chi connectivity index (χ2v) is 3.71. The summed E-state index contributed by atoms with van der Waals surface area (Å²) in [6.45, 7) is 1.96. The van der Waals surface area contributed by atoms with E-state index >= 15 is 0 Å². The Kier molecular flexibility index (Phi) is 2.55. The van der Waals surface area contributed by atoms with Crippen molar-refractivity contribution in [1.82, 2.24) is 20.5 Å². The lowest BCUT2D eigenvalue weighted by Gasteiger charge is -2.01. The highest BCUT2D eigenvalue weighted by atomic mass is 32.1. The molecule has 1 atom stereocenters. The number of aromatic nitrogens is 3. The maximum absolute atomic E-state index is 5.47. The Labute approximate surface area is 85.2 Å². The Morgan fingerprint density at radius 1 is 1.50 bits per heavy atom. The lowest BCUT2D eigenvalue weighted by atomic mass is 10.3. The summed E-state index contributed by atoms with van der Waals surface area (Å²) < 4.78 is 5.47. The highest BCUT2D eigenvalue weighted by Crippen LogP contribution is 2.23. The number of thiazole rings is 1. The minimum absolute atomic E-state index is 0.0733. The molecule has 1 unspecified atom stereocenters. The summed E-state index contributed by atoms with van der Waals surface area (Å²) in [5.74, 6) is 1.13. The zero-order chi connectivity index (χ0) is 9.97. The van der Waals surface area contributed by atoms with Crippen LogP contribution in [-0.2, 0) is 0 Å². The van der Waals surface area contributed by atoms with E-state index in [0.29, 0.717) is 11.8 Å². The summed E-state index contributed by atoms with van der Waals surface area (Å²) in [5.41, 5.74) is 1.74. The fraction of sp³-hybridized carbons (Fsp3) is 0.375. The number of hydrogen-bond acceptors (Lipinski definition) is 6. The van der Waals surface area contributed by atoms with Crippen LogP contribution in [0, 0.1) is 0 Å². The topological polar surface area (TPSA) is 63.8 Å². The second kappa shape index (κ2) is 3.85. The van der Waals surface area contributed by atoms with Crippen LogP contribution >= 0.6 is 11.3 Å². The third kappa shape index (κ3) is 1.66. The van der Waals surface area contributed by atoms with Crippen LogP contribution in [0.25, 0.3) is 10.8 Å². The molecule has 0 aliphatic rings. The van der Waals surface area contributed by atoms with E-state index in [1.54, 1.807) is 11.7 Å². The summed E-state index contributed by atoms with van der Waals surface area (Å²) in [5, 5.41) is 10.9. The summed E-state index contributed by atoms with van der Waals surface area (Å²) in [6, 6.07) is 0.0733. The molecule has 0 aromatic carbocycles. The minimum Gasteiger partial charge on any atom is -0.418 e. The van der Waals surface area contributed by atoms with Crippen LogP contribution in [-0.4, -0.2) is 22.2 Å². The average molecular weight is 210 g/mol. The van der Waals surface area contributed by atoms with Gasteiger partial charge in [0.2, 0.25) is 5.89 Å². The second-order valence-electron chi connectivity index (χ2n) is 2.82. The number of nitrogens with zero attached hydrogens (tertiary/aromatic N) is 3. The van der Waals surface area contributed by atoms with E-state index in [0.717, 1.165) is 4.88 Å². The molecule has 2 aromatic rings. The highest BCUT2D eigenvalue weighted by Gasteiger charge is 2.13. The maximum Gasteiger partial charge on any atom is 0.259 e. The van der Waals surface area contributed by atoms with E-state index in [-0.39, 0.29) is 6.04 Å². The molecule has 2 aromatic heterocycles. The maximum atomic E-state index is 5.47. The third-order valence-electron chi connectivity index (χ3n) is 1.89. The molecule has 0 saturated carbocycles. The van der Waals surface area contributed by atoms with Gasteiger partial charge in [-0.2, -0.15) is 0 Å². The third-order valence-corrected chi connectivity index (χ3v) is 2.65. The lowest BCUT2D eigenvalue weighted by molar-refractivity contribution is 0.442. The van der Waals surface area contributed by atoms with E-state index in [2.05, 4.69) is 20.5 Å². The molecule has 2 rings (SSSR count). The first-order chi connectivity index (χ1) is 6.81. The summed E-state index contributed by atoms with van der Waals surface area (Å²) >= 11 is 1.48. The molecule has 6 heteroatoms. The Morgan fingerprint density at radius 2 is 2.36 bits per heavy atom. The molecule has 0 spiro atoms. The predicted octanol–water partition coefficient (Wildman–Crippen LogP) is 1.47. The Hall–Kier alpha value is -1.27. The number of hydrogen-bond donors (Lipinski definition) is 1. The SMILES string of the molecule is CNC(C)c1nnc(-c2cncs2)o1. The summed E-state index contributed by atoms with van der Waals surface area (Å²) in [4.78, 5) is 4.84. The van der Waals surface area contributed by atoms with Crippen molar-refractivity contribution in [2.24, 2.45) is 0 Å². The summed E-state index contributed by atoms with van der Waals surface area (Å²) in [7, 11) is 1.85. The first-order valence-electron chi connectivity index (χ1n) is 4.21. The summed E-state index contributed by atoms with van der Waals surface area (Å²) in [6.07, 6.45) is 1.71. The van der Waals surface area contributed by atoms with Gasteiger partial charge in [-0.3, -0.25) is 4.98 Å². The zero-order valence-corrected chi connectivity index (χ0v) is 8.71. The van der Waals surface area contributed by atoms with Gasteiger partial charge >= 0.3 is 0 Å². The smallest absolute Gasteiger partial charge is 0.259 e. The lowest BCUT2D eigenvalue weighted by Crippen LogP contribution is -2.12. The first-order valence-corrected chi connectivity index (χ1v) is 5.08. The van der Waals surface area contributed by atoms with Crippen molar-refractivity contribution in [2.75, 3.05) is 7.05 Å². The fourth-order valence-electron chi connectivity index (χ4n) is 0.954. The number of rotatable bonds is 3. The Balaban J connectivity index is 2.26. The van der Waals surface area contributed by atoms with Crippen molar-refractivity contribution in [1.29, 1.82) is 0 Å². The molecular weight excluding hydrogens is 200 g/mol. The molecule has 0 aliphatic carbocycles. The number of nitrogens with one attached hydrogen (secondary N) is 1. The van der Waals surface area contributed by atoms with Crippen LogP contribution < -0.4 is 5.32 Å². The normalized spacial score (nSPS) is 13.0. The quantitative estimate of drug-likeness (QED) is 0.831. The van der Waals surface area contributed by atoms with Crippen LogP contribution in [0.2, 0.25) is 0 Å². The molecule has 14 heavy (non-hydrogen) atoms. The molecule has 0 radical (unpaired) electrons. The molecule has 2 heterocycles. The predicted molar refractivity (Wildman–Crippen MR) is 52.9 cm³/mol. The standard InChI is InChI=1S/C8H10N4OS/c1-5(9-2)7-11-12-8(13-7)6-3-10-4-14-6/h3-5,9H,1-2H3.